The van der Waals surface area contributed by atoms with Gasteiger partial charge in [0.1, 0.15) is 0 Å². The van der Waals surface area contributed by atoms with Gasteiger partial charge in [0.2, 0.25) is 0 Å². The minimum absolute atomic E-state index is 0.0240. The van der Waals surface area contributed by atoms with Crippen LogP contribution in [0.1, 0.15) is 47.4 Å². The van der Waals surface area contributed by atoms with E-state index in [1.165, 1.54) is 0 Å². The molecule has 0 radical (unpaired) electrons. The summed E-state index contributed by atoms with van der Waals surface area (Å²) in [6.45, 7) is 4.19. The molecule has 2 nitrogen and oxygen atoms in total. The zero-order valence-corrected chi connectivity index (χ0v) is 14.7. The van der Waals surface area contributed by atoms with Crippen LogP contribution in [0.2, 0.25) is 0 Å². The molecule has 2 heteroatoms. The van der Waals surface area contributed by atoms with Crippen molar-refractivity contribution in [1.29, 1.82) is 0 Å². The molecule has 0 bridgehead atoms. The Hall–Kier alpha value is -2.87. The fourth-order valence-electron chi connectivity index (χ4n) is 3.20. The first-order valence-corrected chi connectivity index (χ1v) is 8.66. The molecule has 3 aromatic rings. The minimum atomic E-state index is -0.0240. The lowest BCUT2D eigenvalue weighted by atomic mass is 9.99. The summed E-state index contributed by atoms with van der Waals surface area (Å²) in [5, 5.41) is 0. The van der Waals surface area contributed by atoms with E-state index in [2.05, 4.69) is 38.1 Å². The topological polar surface area (TPSA) is 20.3 Å². The Bertz CT molecular complexity index is 754. The van der Waals surface area contributed by atoms with Crippen molar-refractivity contribution in [1.82, 2.24) is 4.90 Å². The molecule has 0 aliphatic heterocycles. The second kappa shape index (κ2) is 7.80. The first kappa shape index (κ1) is 17.0. The second-order valence-electron chi connectivity index (χ2n) is 6.25. The smallest absolute Gasteiger partial charge is 0.254 e. The van der Waals surface area contributed by atoms with Gasteiger partial charge in [-0.05, 0) is 37.1 Å². The molecule has 25 heavy (non-hydrogen) atoms. The van der Waals surface area contributed by atoms with Gasteiger partial charge in [-0.2, -0.15) is 0 Å². The van der Waals surface area contributed by atoms with Crippen molar-refractivity contribution in [3.05, 3.63) is 108 Å². The van der Waals surface area contributed by atoms with Gasteiger partial charge in [-0.3, -0.25) is 4.79 Å². The monoisotopic (exact) mass is 329 g/mol. The van der Waals surface area contributed by atoms with Crippen LogP contribution in [-0.2, 0) is 0 Å². The van der Waals surface area contributed by atoms with E-state index >= 15 is 0 Å². The van der Waals surface area contributed by atoms with Gasteiger partial charge in [-0.25, -0.2) is 0 Å². The molecule has 0 N–H and O–H groups in total. The summed E-state index contributed by atoms with van der Waals surface area (Å²) in [5.74, 6) is 0.0494. The van der Waals surface area contributed by atoms with Gasteiger partial charge in [0.25, 0.3) is 5.91 Å². The van der Waals surface area contributed by atoms with Crippen LogP contribution < -0.4 is 0 Å². The van der Waals surface area contributed by atoms with Crippen LogP contribution in [-0.4, -0.2) is 10.8 Å². The van der Waals surface area contributed by atoms with Crippen molar-refractivity contribution in [2.24, 2.45) is 0 Å². The molecular formula is C23H23NO. The number of hydrogen-bond acceptors (Lipinski definition) is 1. The molecule has 2 atom stereocenters. The maximum absolute atomic E-state index is 13.3. The van der Waals surface area contributed by atoms with E-state index in [1.807, 2.05) is 71.6 Å². The average Bonchev–Trinajstić information content (AvgIpc) is 2.70. The number of rotatable bonds is 5. The van der Waals surface area contributed by atoms with Crippen LogP contribution in [0.3, 0.4) is 0 Å². The van der Waals surface area contributed by atoms with E-state index in [0.29, 0.717) is 5.56 Å². The van der Waals surface area contributed by atoms with Gasteiger partial charge in [0.15, 0.2) is 0 Å². The summed E-state index contributed by atoms with van der Waals surface area (Å²) in [6.07, 6.45) is 0. The fraction of sp³-hybridized carbons (Fsp3) is 0.174. The highest BCUT2D eigenvalue weighted by Gasteiger charge is 2.28. The van der Waals surface area contributed by atoms with E-state index in [-0.39, 0.29) is 18.0 Å². The highest BCUT2D eigenvalue weighted by Crippen LogP contribution is 2.31. The zero-order valence-electron chi connectivity index (χ0n) is 14.7. The maximum Gasteiger partial charge on any atom is 0.254 e. The Morgan fingerprint density at radius 1 is 0.640 bits per heavy atom. The third kappa shape index (κ3) is 3.80. The highest BCUT2D eigenvalue weighted by atomic mass is 16.2. The summed E-state index contributed by atoms with van der Waals surface area (Å²) in [5.41, 5.74) is 2.98. The summed E-state index contributed by atoms with van der Waals surface area (Å²) >= 11 is 0. The third-order valence-electron chi connectivity index (χ3n) is 4.65. The molecule has 0 aliphatic rings. The molecular weight excluding hydrogens is 306 g/mol. The molecule has 0 saturated heterocycles. The molecule has 0 aliphatic carbocycles. The van der Waals surface area contributed by atoms with Gasteiger partial charge >= 0.3 is 0 Å². The van der Waals surface area contributed by atoms with Gasteiger partial charge in [0.05, 0.1) is 12.1 Å². The largest absolute Gasteiger partial charge is 0.325 e. The zero-order chi connectivity index (χ0) is 17.6. The number of carbonyl (C=O) groups excluding carboxylic acids is 1. The van der Waals surface area contributed by atoms with Gasteiger partial charge in [0, 0.05) is 5.56 Å². The van der Waals surface area contributed by atoms with Gasteiger partial charge in [-0.1, -0.05) is 78.9 Å². The molecule has 2 unspecified atom stereocenters. The Morgan fingerprint density at radius 2 is 1.00 bits per heavy atom. The standard InChI is InChI=1S/C23H23NO/c1-18(20-12-6-3-7-13-20)24(19(2)21-14-8-4-9-15-21)23(25)22-16-10-5-11-17-22/h3-19H,1-2H3. The maximum atomic E-state index is 13.3. The normalized spacial score (nSPS) is 13.0. The molecule has 0 aromatic heterocycles. The molecule has 3 aromatic carbocycles. The van der Waals surface area contributed by atoms with Gasteiger partial charge in [-0.15, -0.1) is 0 Å². The number of hydrogen-bond donors (Lipinski definition) is 0. The molecule has 0 heterocycles. The van der Waals surface area contributed by atoms with Crippen LogP contribution in [0.25, 0.3) is 0 Å². The highest BCUT2D eigenvalue weighted by molar-refractivity contribution is 5.94. The Morgan fingerprint density at radius 3 is 1.40 bits per heavy atom. The lowest BCUT2D eigenvalue weighted by Crippen LogP contribution is -2.36. The quantitative estimate of drug-likeness (QED) is 0.592. The number of nitrogens with zero attached hydrogens (tertiary/aromatic N) is 1. The Kier molecular flexibility index (Phi) is 5.30. The van der Waals surface area contributed by atoms with E-state index in [9.17, 15) is 4.79 Å². The molecule has 0 fully saturated rings. The van der Waals surface area contributed by atoms with Crippen molar-refractivity contribution >= 4 is 5.91 Å². The van der Waals surface area contributed by atoms with E-state index < -0.39 is 0 Å². The van der Waals surface area contributed by atoms with Gasteiger partial charge < -0.3 is 4.90 Å². The summed E-state index contributed by atoms with van der Waals surface area (Å²) in [6, 6.07) is 29.8. The van der Waals surface area contributed by atoms with Crippen molar-refractivity contribution in [3.8, 4) is 0 Å². The van der Waals surface area contributed by atoms with E-state index in [4.69, 9.17) is 0 Å². The summed E-state index contributed by atoms with van der Waals surface area (Å²) in [7, 11) is 0. The lowest BCUT2D eigenvalue weighted by Gasteiger charge is -2.35. The molecule has 1 amide bonds. The summed E-state index contributed by atoms with van der Waals surface area (Å²) < 4.78 is 0. The van der Waals surface area contributed by atoms with Crippen LogP contribution in [0, 0.1) is 0 Å². The summed E-state index contributed by atoms with van der Waals surface area (Å²) in [4.78, 5) is 15.3. The second-order valence-corrected chi connectivity index (χ2v) is 6.25. The SMILES string of the molecule is CC(c1ccccc1)N(C(=O)c1ccccc1)C(C)c1ccccc1. The van der Waals surface area contributed by atoms with Crippen LogP contribution in [0.5, 0.6) is 0 Å². The number of carbonyl (C=O) groups is 1. The third-order valence-corrected chi connectivity index (χ3v) is 4.65. The van der Waals surface area contributed by atoms with E-state index in [0.717, 1.165) is 11.1 Å². The molecule has 0 spiro atoms. The predicted octanol–water partition coefficient (Wildman–Crippen LogP) is 5.65. The molecule has 3 rings (SSSR count). The number of amides is 1. The first-order valence-electron chi connectivity index (χ1n) is 8.66. The Labute approximate surface area is 149 Å². The molecule has 126 valence electrons. The minimum Gasteiger partial charge on any atom is -0.325 e. The molecule has 0 saturated carbocycles. The van der Waals surface area contributed by atoms with E-state index in [1.54, 1.807) is 0 Å². The predicted molar refractivity (Wildman–Crippen MR) is 102 cm³/mol. The van der Waals surface area contributed by atoms with Crippen molar-refractivity contribution in [2.45, 2.75) is 25.9 Å². The lowest BCUT2D eigenvalue weighted by molar-refractivity contribution is 0.0604. The van der Waals surface area contributed by atoms with Crippen LogP contribution in [0.4, 0.5) is 0 Å². The first-order chi connectivity index (χ1) is 12.2. The van der Waals surface area contributed by atoms with Crippen LogP contribution in [0.15, 0.2) is 91.0 Å². The number of benzene rings is 3. The van der Waals surface area contributed by atoms with Crippen molar-refractivity contribution in [3.63, 3.8) is 0 Å². The van der Waals surface area contributed by atoms with Crippen molar-refractivity contribution < 1.29 is 4.79 Å². The Balaban J connectivity index is 2.00. The average molecular weight is 329 g/mol. The van der Waals surface area contributed by atoms with Crippen molar-refractivity contribution in [2.75, 3.05) is 0 Å². The van der Waals surface area contributed by atoms with Crippen LogP contribution >= 0.6 is 0 Å². The fourth-order valence-corrected chi connectivity index (χ4v) is 3.20.